The predicted molar refractivity (Wildman–Crippen MR) is 74.9 cm³/mol. The number of para-hydroxylation sites is 1. The maximum absolute atomic E-state index is 11.4. The average molecular weight is 300 g/mol. The van der Waals surface area contributed by atoms with Gasteiger partial charge in [0.25, 0.3) is 0 Å². The van der Waals surface area contributed by atoms with Gasteiger partial charge in [0.05, 0.1) is 23.5 Å². The number of nitro groups is 1. The molecular formula is C12H16N2O5S. The van der Waals surface area contributed by atoms with Crippen molar-refractivity contribution in [2.75, 3.05) is 23.9 Å². The molecule has 20 heavy (non-hydrogen) atoms. The van der Waals surface area contributed by atoms with Crippen LogP contribution >= 0.6 is 0 Å². The summed E-state index contributed by atoms with van der Waals surface area (Å²) in [7, 11) is -1.57. The number of nitrogens with one attached hydrogen (secondary N) is 1. The fraction of sp³-hybridized carbons (Fsp3) is 0.500. The van der Waals surface area contributed by atoms with E-state index in [4.69, 9.17) is 4.74 Å². The summed E-state index contributed by atoms with van der Waals surface area (Å²) in [5, 5.41) is 14.2. The normalized spacial score (nSPS) is 18.4. The van der Waals surface area contributed by atoms with Crippen LogP contribution in [0.4, 0.5) is 11.4 Å². The molecule has 0 atom stereocenters. The Bertz CT molecular complexity index is 600. The summed E-state index contributed by atoms with van der Waals surface area (Å²) in [5.74, 6) is 0.411. The van der Waals surface area contributed by atoms with E-state index >= 15 is 0 Å². The lowest BCUT2D eigenvalue weighted by atomic mass is 10.1. The minimum Gasteiger partial charge on any atom is -0.490 e. The van der Waals surface area contributed by atoms with Crippen molar-refractivity contribution in [3.05, 3.63) is 28.3 Å². The van der Waals surface area contributed by atoms with Gasteiger partial charge in [0.15, 0.2) is 5.75 Å². The van der Waals surface area contributed by atoms with E-state index in [2.05, 4.69) is 5.32 Å². The predicted octanol–water partition coefficient (Wildman–Crippen LogP) is 1.59. The molecule has 110 valence electrons. The zero-order valence-corrected chi connectivity index (χ0v) is 11.9. The van der Waals surface area contributed by atoms with Crippen molar-refractivity contribution in [2.45, 2.75) is 18.9 Å². The van der Waals surface area contributed by atoms with E-state index in [1.807, 2.05) is 0 Å². The average Bonchev–Trinajstić information content (AvgIpc) is 2.40. The van der Waals surface area contributed by atoms with Crippen LogP contribution in [0.15, 0.2) is 18.2 Å². The Morgan fingerprint density at radius 3 is 2.55 bits per heavy atom. The first-order valence-corrected chi connectivity index (χ1v) is 8.03. The highest BCUT2D eigenvalue weighted by Gasteiger charge is 2.27. The minimum absolute atomic E-state index is 0.0793. The maximum atomic E-state index is 11.4. The molecule has 1 aliphatic rings. The van der Waals surface area contributed by atoms with Crippen LogP contribution in [0.1, 0.15) is 12.8 Å². The first kappa shape index (κ1) is 14.6. The molecule has 0 bridgehead atoms. The number of anilines is 1. The van der Waals surface area contributed by atoms with Gasteiger partial charge in [-0.3, -0.25) is 10.1 Å². The highest BCUT2D eigenvalue weighted by atomic mass is 32.2. The number of nitro benzene ring substituents is 1. The van der Waals surface area contributed by atoms with Crippen LogP contribution in [0.3, 0.4) is 0 Å². The van der Waals surface area contributed by atoms with Gasteiger partial charge < -0.3 is 10.1 Å². The Morgan fingerprint density at radius 2 is 2.00 bits per heavy atom. The third-order valence-corrected chi connectivity index (χ3v) is 5.03. The van der Waals surface area contributed by atoms with E-state index in [0.29, 0.717) is 18.5 Å². The van der Waals surface area contributed by atoms with Crippen molar-refractivity contribution in [3.63, 3.8) is 0 Å². The number of ether oxygens (including phenoxy) is 1. The summed E-state index contributed by atoms with van der Waals surface area (Å²) in [6, 6.07) is 4.70. The van der Waals surface area contributed by atoms with Crippen molar-refractivity contribution < 1.29 is 18.1 Å². The number of hydrogen-bond donors (Lipinski definition) is 1. The molecule has 0 aliphatic carbocycles. The lowest BCUT2D eigenvalue weighted by Gasteiger charge is -2.24. The maximum Gasteiger partial charge on any atom is 0.333 e. The molecule has 0 saturated carbocycles. The SMILES string of the molecule is COc1cccc(NC2CCS(=O)(=O)CC2)c1[N+](=O)[O-]. The molecule has 1 fully saturated rings. The Balaban J connectivity index is 2.20. The largest absolute Gasteiger partial charge is 0.490 e. The van der Waals surface area contributed by atoms with Crippen molar-refractivity contribution >= 4 is 21.2 Å². The van der Waals surface area contributed by atoms with Gasteiger partial charge >= 0.3 is 5.69 Å². The van der Waals surface area contributed by atoms with Crippen molar-refractivity contribution in [3.8, 4) is 5.75 Å². The quantitative estimate of drug-likeness (QED) is 0.669. The van der Waals surface area contributed by atoms with Crippen molar-refractivity contribution in [1.82, 2.24) is 0 Å². The van der Waals surface area contributed by atoms with E-state index in [9.17, 15) is 18.5 Å². The molecule has 7 nitrogen and oxygen atoms in total. The van der Waals surface area contributed by atoms with Crippen LogP contribution in [-0.2, 0) is 9.84 Å². The van der Waals surface area contributed by atoms with Gasteiger partial charge in [-0.25, -0.2) is 8.42 Å². The molecule has 1 aliphatic heterocycles. The van der Waals surface area contributed by atoms with Gasteiger partial charge in [0, 0.05) is 6.04 Å². The van der Waals surface area contributed by atoms with E-state index in [1.165, 1.54) is 13.2 Å². The number of benzene rings is 1. The van der Waals surface area contributed by atoms with Crippen LogP contribution in [-0.4, -0.2) is 38.0 Å². The standard InChI is InChI=1S/C12H16N2O5S/c1-19-11-4-2-3-10(12(11)14(15)16)13-9-5-7-20(17,18)8-6-9/h2-4,9,13H,5-8H2,1H3. The first-order chi connectivity index (χ1) is 9.43. The van der Waals surface area contributed by atoms with Gasteiger partial charge in [-0.2, -0.15) is 0 Å². The second kappa shape index (κ2) is 5.66. The Morgan fingerprint density at radius 1 is 1.35 bits per heavy atom. The fourth-order valence-electron chi connectivity index (χ4n) is 2.25. The Hall–Kier alpha value is -1.83. The molecule has 0 amide bonds. The van der Waals surface area contributed by atoms with Crippen LogP contribution in [0.25, 0.3) is 0 Å². The van der Waals surface area contributed by atoms with Crippen molar-refractivity contribution in [2.24, 2.45) is 0 Å². The number of methoxy groups -OCH3 is 1. The second-order valence-electron chi connectivity index (χ2n) is 4.68. The molecular weight excluding hydrogens is 284 g/mol. The first-order valence-electron chi connectivity index (χ1n) is 6.21. The highest BCUT2D eigenvalue weighted by molar-refractivity contribution is 7.91. The summed E-state index contributed by atoms with van der Waals surface area (Å²) in [4.78, 5) is 10.6. The van der Waals surface area contributed by atoms with Crippen LogP contribution in [0, 0.1) is 10.1 Å². The molecule has 8 heteroatoms. The molecule has 0 aromatic heterocycles. The summed E-state index contributed by atoms with van der Waals surface area (Å²) < 4.78 is 27.7. The lowest BCUT2D eigenvalue weighted by Crippen LogP contribution is -2.32. The zero-order valence-electron chi connectivity index (χ0n) is 11.0. The fourth-order valence-corrected chi connectivity index (χ4v) is 3.74. The zero-order chi connectivity index (χ0) is 14.8. The third kappa shape index (κ3) is 3.19. The number of hydrogen-bond acceptors (Lipinski definition) is 6. The van der Waals surface area contributed by atoms with Gasteiger partial charge in [0.2, 0.25) is 0 Å². The second-order valence-corrected chi connectivity index (χ2v) is 6.99. The lowest BCUT2D eigenvalue weighted by molar-refractivity contribution is -0.384. The van der Waals surface area contributed by atoms with Gasteiger partial charge in [-0.1, -0.05) is 6.07 Å². The van der Waals surface area contributed by atoms with Crippen LogP contribution in [0.2, 0.25) is 0 Å². The van der Waals surface area contributed by atoms with Crippen LogP contribution < -0.4 is 10.1 Å². The summed E-state index contributed by atoms with van der Waals surface area (Å²) in [6.07, 6.45) is 0.910. The Labute approximate surface area is 117 Å². The third-order valence-electron chi connectivity index (χ3n) is 3.32. The summed E-state index contributed by atoms with van der Waals surface area (Å²) in [5.41, 5.74) is 0.238. The molecule has 1 N–H and O–H groups in total. The molecule has 0 spiro atoms. The monoisotopic (exact) mass is 300 g/mol. The molecule has 1 heterocycles. The molecule has 1 aromatic carbocycles. The van der Waals surface area contributed by atoms with Gasteiger partial charge in [-0.05, 0) is 25.0 Å². The molecule has 0 unspecified atom stereocenters. The number of rotatable bonds is 4. The number of nitrogens with zero attached hydrogens (tertiary/aromatic N) is 1. The topological polar surface area (TPSA) is 98.5 Å². The summed E-state index contributed by atoms with van der Waals surface area (Å²) >= 11 is 0. The molecule has 0 radical (unpaired) electrons. The molecule has 1 aromatic rings. The van der Waals surface area contributed by atoms with Crippen LogP contribution in [0.5, 0.6) is 5.75 Å². The van der Waals surface area contributed by atoms with E-state index < -0.39 is 14.8 Å². The molecule has 1 saturated heterocycles. The number of sulfone groups is 1. The molecule has 2 rings (SSSR count). The highest BCUT2D eigenvalue weighted by Crippen LogP contribution is 2.35. The smallest absolute Gasteiger partial charge is 0.333 e. The Kier molecular flexibility index (Phi) is 4.12. The minimum atomic E-state index is -2.95. The van der Waals surface area contributed by atoms with E-state index in [1.54, 1.807) is 12.1 Å². The van der Waals surface area contributed by atoms with Gasteiger partial charge in [-0.15, -0.1) is 0 Å². The van der Waals surface area contributed by atoms with Gasteiger partial charge in [0.1, 0.15) is 15.5 Å². The summed E-state index contributed by atoms with van der Waals surface area (Å²) in [6.45, 7) is 0. The van der Waals surface area contributed by atoms with E-state index in [0.717, 1.165) is 0 Å². The van der Waals surface area contributed by atoms with Crippen molar-refractivity contribution in [1.29, 1.82) is 0 Å². The van der Waals surface area contributed by atoms with E-state index in [-0.39, 0.29) is 29.0 Å².